The van der Waals surface area contributed by atoms with E-state index in [1.54, 1.807) is 9.80 Å². The molecule has 2 aromatic carbocycles. The number of likely N-dealkylation sites (tertiary alicyclic amines) is 1. The molecule has 0 radical (unpaired) electrons. The van der Waals surface area contributed by atoms with Crippen LogP contribution < -0.4 is 4.74 Å². The summed E-state index contributed by atoms with van der Waals surface area (Å²) >= 11 is 0. The smallest absolute Gasteiger partial charge is 0.410 e. The lowest BCUT2D eigenvalue weighted by molar-refractivity contribution is -0.127. The van der Waals surface area contributed by atoms with Gasteiger partial charge in [-0.1, -0.05) is 18.2 Å². The van der Waals surface area contributed by atoms with E-state index < -0.39 is 23.5 Å². The van der Waals surface area contributed by atoms with Crippen molar-refractivity contribution in [2.75, 3.05) is 26.2 Å². The van der Waals surface area contributed by atoms with Gasteiger partial charge >= 0.3 is 6.09 Å². The fourth-order valence-corrected chi connectivity index (χ4v) is 3.97. The van der Waals surface area contributed by atoms with Crippen LogP contribution in [-0.4, -0.2) is 60.2 Å². The minimum absolute atomic E-state index is 0.0594. The average Bonchev–Trinajstić information content (AvgIpc) is 3.22. The zero-order valence-electron chi connectivity index (χ0n) is 17.8. The summed E-state index contributed by atoms with van der Waals surface area (Å²) in [4.78, 5) is 28.0. The summed E-state index contributed by atoms with van der Waals surface area (Å²) in [6.07, 6.45) is 2.64. The first-order valence-electron chi connectivity index (χ1n) is 10.7. The minimum Gasteiger partial charge on any atom is -0.490 e. The number of carbonyl (C=O) groups excluding carboxylic acids is 2. The topological polar surface area (TPSA) is 59.1 Å². The molecule has 6 nitrogen and oxygen atoms in total. The summed E-state index contributed by atoms with van der Waals surface area (Å²) < 4.78 is 51.2. The highest BCUT2D eigenvalue weighted by atomic mass is 19.2. The molecule has 1 unspecified atom stereocenters. The highest BCUT2D eigenvalue weighted by molar-refractivity contribution is 5.91. The van der Waals surface area contributed by atoms with Crippen LogP contribution in [0.15, 0.2) is 48.5 Å². The summed E-state index contributed by atoms with van der Waals surface area (Å²) in [5.41, 5.74) is -0.208. The van der Waals surface area contributed by atoms with E-state index >= 15 is 0 Å². The Morgan fingerprint density at radius 2 is 1.79 bits per heavy atom. The van der Waals surface area contributed by atoms with E-state index in [9.17, 15) is 22.8 Å². The number of benzene rings is 2. The number of halogens is 3. The maximum atomic E-state index is 13.7. The summed E-state index contributed by atoms with van der Waals surface area (Å²) in [6, 6.07) is 11.1. The Balaban J connectivity index is 1.26. The number of carbonyl (C=O) groups is 2. The zero-order chi connectivity index (χ0) is 23.4. The standard InChI is InChI=1S/C24H23F3N2O4/c25-20-8-6-16(22(26)23(20)27)7-9-21(30)28-12-10-17(11-13-28)29-14-19(33-24(29)31)15-32-18-4-2-1-3-5-18/h1-9,17,19H,10-15H2/b9-7+. The second kappa shape index (κ2) is 9.97. The fraction of sp³-hybridized carbons (Fsp3) is 0.333. The lowest BCUT2D eigenvalue weighted by Gasteiger charge is -2.35. The molecule has 0 spiro atoms. The molecule has 4 rings (SSSR count). The van der Waals surface area contributed by atoms with Gasteiger partial charge in [0.15, 0.2) is 23.6 Å². The van der Waals surface area contributed by atoms with Crippen LogP contribution in [-0.2, 0) is 9.53 Å². The van der Waals surface area contributed by atoms with Crippen LogP contribution in [0, 0.1) is 17.5 Å². The van der Waals surface area contributed by atoms with Crippen LogP contribution in [0.4, 0.5) is 18.0 Å². The monoisotopic (exact) mass is 460 g/mol. The van der Waals surface area contributed by atoms with Crippen LogP contribution >= 0.6 is 0 Å². The fourth-order valence-electron chi connectivity index (χ4n) is 3.97. The summed E-state index contributed by atoms with van der Waals surface area (Å²) in [7, 11) is 0. The maximum absolute atomic E-state index is 13.7. The third kappa shape index (κ3) is 5.30. The number of amides is 2. The summed E-state index contributed by atoms with van der Waals surface area (Å²) in [5, 5.41) is 0. The lowest BCUT2D eigenvalue weighted by Crippen LogP contribution is -2.47. The normalized spacial score (nSPS) is 19.2. The second-order valence-electron chi connectivity index (χ2n) is 7.94. The first kappa shape index (κ1) is 22.7. The van der Waals surface area contributed by atoms with Gasteiger partial charge in [-0.05, 0) is 43.2 Å². The van der Waals surface area contributed by atoms with Crippen molar-refractivity contribution in [3.8, 4) is 5.75 Å². The number of hydrogen-bond donors (Lipinski definition) is 0. The van der Waals surface area contributed by atoms with Crippen molar-refractivity contribution in [3.05, 3.63) is 71.6 Å². The van der Waals surface area contributed by atoms with Crippen molar-refractivity contribution < 1.29 is 32.2 Å². The number of ether oxygens (including phenoxy) is 2. The summed E-state index contributed by atoms with van der Waals surface area (Å²) in [6.45, 7) is 1.49. The quantitative estimate of drug-likeness (QED) is 0.483. The van der Waals surface area contributed by atoms with Crippen molar-refractivity contribution in [3.63, 3.8) is 0 Å². The van der Waals surface area contributed by atoms with E-state index in [1.807, 2.05) is 30.3 Å². The predicted octanol–water partition coefficient (Wildman–Crippen LogP) is 4.01. The van der Waals surface area contributed by atoms with Crippen LogP contribution in [0.2, 0.25) is 0 Å². The Labute approximate surface area is 189 Å². The van der Waals surface area contributed by atoms with E-state index in [-0.39, 0.29) is 30.2 Å². The van der Waals surface area contributed by atoms with Crippen LogP contribution in [0.3, 0.4) is 0 Å². The van der Waals surface area contributed by atoms with E-state index in [4.69, 9.17) is 9.47 Å². The molecule has 2 heterocycles. The van der Waals surface area contributed by atoms with Gasteiger partial charge in [0.2, 0.25) is 5.91 Å². The molecule has 2 fully saturated rings. The Morgan fingerprint density at radius 3 is 2.52 bits per heavy atom. The summed E-state index contributed by atoms with van der Waals surface area (Å²) in [5.74, 6) is -3.86. The predicted molar refractivity (Wildman–Crippen MR) is 114 cm³/mol. The maximum Gasteiger partial charge on any atom is 0.410 e. The number of para-hydroxylation sites is 1. The van der Waals surface area contributed by atoms with Crippen molar-refractivity contribution in [2.45, 2.75) is 25.0 Å². The molecule has 1 atom stereocenters. The molecule has 2 amide bonds. The molecule has 9 heteroatoms. The number of rotatable bonds is 6. The van der Waals surface area contributed by atoms with Crippen molar-refractivity contribution in [1.82, 2.24) is 9.80 Å². The van der Waals surface area contributed by atoms with Crippen molar-refractivity contribution in [2.24, 2.45) is 0 Å². The molecule has 0 saturated carbocycles. The lowest BCUT2D eigenvalue weighted by atomic mass is 10.0. The Bertz CT molecular complexity index is 1040. The van der Waals surface area contributed by atoms with Crippen molar-refractivity contribution >= 4 is 18.1 Å². The molecule has 174 valence electrons. The molecule has 2 aromatic rings. The van der Waals surface area contributed by atoms with Gasteiger partial charge in [0.05, 0.1) is 6.54 Å². The number of cyclic esters (lactones) is 1. The molecule has 0 aromatic heterocycles. The van der Waals surface area contributed by atoms with E-state index in [1.165, 1.54) is 0 Å². The average molecular weight is 460 g/mol. The van der Waals surface area contributed by atoms with Gasteiger partial charge in [0.25, 0.3) is 0 Å². The van der Waals surface area contributed by atoms with Crippen LogP contribution in [0.25, 0.3) is 6.08 Å². The Hall–Kier alpha value is -3.49. The van der Waals surface area contributed by atoms with Gasteiger partial charge in [-0.3, -0.25) is 4.79 Å². The van der Waals surface area contributed by atoms with Gasteiger partial charge in [-0.2, -0.15) is 0 Å². The molecule has 0 N–H and O–H groups in total. The van der Waals surface area contributed by atoms with E-state index in [0.717, 1.165) is 24.3 Å². The third-order valence-corrected chi connectivity index (χ3v) is 5.77. The largest absolute Gasteiger partial charge is 0.490 e. The molecule has 0 aliphatic carbocycles. The Morgan fingerprint density at radius 1 is 1.06 bits per heavy atom. The molecule has 33 heavy (non-hydrogen) atoms. The van der Waals surface area contributed by atoms with Gasteiger partial charge in [-0.25, -0.2) is 18.0 Å². The second-order valence-corrected chi connectivity index (χ2v) is 7.94. The SMILES string of the molecule is O=C(/C=C/c1ccc(F)c(F)c1F)N1CCC(N2CC(COc3ccccc3)OC2=O)CC1. The molecule has 2 aliphatic rings. The Kier molecular flexibility index (Phi) is 6.86. The van der Waals surface area contributed by atoms with Gasteiger partial charge in [0, 0.05) is 30.8 Å². The molecule has 2 aliphatic heterocycles. The third-order valence-electron chi connectivity index (χ3n) is 5.77. The van der Waals surface area contributed by atoms with E-state index in [2.05, 4.69) is 0 Å². The van der Waals surface area contributed by atoms with Gasteiger partial charge in [-0.15, -0.1) is 0 Å². The van der Waals surface area contributed by atoms with E-state index in [0.29, 0.717) is 38.2 Å². The highest BCUT2D eigenvalue weighted by Gasteiger charge is 2.38. The number of hydrogen-bond acceptors (Lipinski definition) is 4. The van der Waals surface area contributed by atoms with Crippen LogP contribution in [0.5, 0.6) is 5.75 Å². The highest BCUT2D eigenvalue weighted by Crippen LogP contribution is 2.24. The molecule has 2 saturated heterocycles. The zero-order valence-corrected chi connectivity index (χ0v) is 17.8. The van der Waals surface area contributed by atoms with Gasteiger partial charge in [0.1, 0.15) is 12.4 Å². The van der Waals surface area contributed by atoms with Gasteiger partial charge < -0.3 is 19.3 Å². The van der Waals surface area contributed by atoms with Crippen molar-refractivity contribution in [1.29, 1.82) is 0 Å². The molecule has 0 bridgehead atoms. The molecular weight excluding hydrogens is 437 g/mol. The van der Waals surface area contributed by atoms with Crippen LogP contribution in [0.1, 0.15) is 18.4 Å². The minimum atomic E-state index is -1.57. The number of piperidine rings is 1. The molecular formula is C24H23F3N2O4. The first-order valence-corrected chi connectivity index (χ1v) is 10.7. The first-order chi connectivity index (χ1) is 15.9. The number of nitrogens with zero attached hydrogens (tertiary/aromatic N) is 2.